The Bertz CT molecular complexity index is 1220. The molecule has 0 radical (unpaired) electrons. The van der Waals surface area contributed by atoms with E-state index < -0.39 is 68.4 Å². The van der Waals surface area contributed by atoms with Gasteiger partial charge in [-0.2, -0.15) is 0 Å². The number of ether oxygens (including phenoxy) is 3. The molecule has 3 unspecified atom stereocenters. The van der Waals surface area contributed by atoms with Gasteiger partial charge in [-0.15, -0.1) is 0 Å². The van der Waals surface area contributed by atoms with Crippen LogP contribution < -0.4 is 15.2 Å². The minimum atomic E-state index is -3.93. The first kappa shape index (κ1) is 11.2. The number of nitrogens with two attached hydrogens (primary N) is 1. The number of piperidine rings is 1. The first-order valence-corrected chi connectivity index (χ1v) is 9.78. The van der Waals surface area contributed by atoms with Crippen molar-refractivity contribution in [3.63, 3.8) is 0 Å². The van der Waals surface area contributed by atoms with E-state index in [-0.39, 0.29) is 30.7 Å². The Kier molecular flexibility index (Phi) is 3.57. The Morgan fingerprint density at radius 3 is 2.70 bits per heavy atom. The van der Waals surface area contributed by atoms with Crippen molar-refractivity contribution in [1.29, 1.82) is 0 Å². The van der Waals surface area contributed by atoms with Crippen molar-refractivity contribution in [2.45, 2.75) is 64.9 Å². The molecule has 3 rings (SSSR count). The van der Waals surface area contributed by atoms with Crippen LogP contribution in [0.3, 0.4) is 0 Å². The molecule has 2 N–H and O–H groups in total. The normalized spacial score (nSPS) is 39.3. The summed E-state index contributed by atoms with van der Waals surface area (Å²) in [6.45, 7) is -7.05. The second-order valence-corrected chi connectivity index (χ2v) is 7.73. The topological polar surface area (TPSA) is 74.0 Å². The monoisotopic (exact) mass is 431 g/mol. The summed E-state index contributed by atoms with van der Waals surface area (Å²) in [6.07, 6.45) is -5.25. The highest BCUT2D eigenvalue weighted by Gasteiger charge is 2.41. The van der Waals surface area contributed by atoms with Gasteiger partial charge < -0.3 is 19.9 Å². The molecular formula is C24H38N2O4. The van der Waals surface area contributed by atoms with Gasteiger partial charge in [0.2, 0.25) is 0 Å². The van der Waals surface area contributed by atoms with E-state index >= 15 is 0 Å². The summed E-state index contributed by atoms with van der Waals surface area (Å²) in [5, 5.41) is 0. The molecule has 2 heterocycles. The number of carbonyl (C=O) groups excluding carboxylic acids is 1. The molecule has 0 spiro atoms. The third kappa shape index (κ3) is 4.75. The van der Waals surface area contributed by atoms with Crippen LogP contribution in [0.1, 0.15) is 75.3 Å². The highest BCUT2D eigenvalue weighted by atomic mass is 16.5. The third-order valence-corrected chi connectivity index (χ3v) is 5.13. The first-order chi connectivity index (χ1) is 19.3. The summed E-state index contributed by atoms with van der Waals surface area (Å²) in [5.74, 6) is -8.47. The van der Waals surface area contributed by atoms with Gasteiger partial charge in [-0.25, -0.2) is 0 Å². The number of nitrogens with zero attached hydrogens (tertiary/aromatic N) is 1. The Labute approximate surface area is 199 Å². The average Bonchev–Trinajstić information content (AvgIpc) is 2.86. The van der Waals surface area contributed by atoms with Gasteiger partial charge in [-0.05, 0) is 47.9 Å². The van der Waals surface area contributed by atoms with Gasteiger partial charge in [0.1, 0.15) is 12.1 Å². The number of hydrogen-bond acceptors (Lipinski definition) is 6. The molecule has 2 aliphatic heterocycles. The number of esters is 1. The number of hydrogen-bond donors (Lipinski definition) is 1. The maximum atomic E-state index is 13.6. The largest absolute Gasteiger partial charge is 0.493 e. The number of methoxy groups -OCH3 is 2. The molecule has 6 heteroatoms. The maximum Gasteiger partial charge on any atom is 0.323 e. The molecule has 0 aliphatic carbocycles. The second-order valence-electron chi connectivity index (χ2n) is 7.73. The summed E-state index contributed by atoms with van der Waals surface area (Å²) in [5.41, 5.74) is 6.56. The lowest BCUT2D eigenvalue weighted by Gasteiger charge is -2.47. The Hall–Kier alpha value is -1.79. The average molecular weight is 432 g/mol. The molecule has 0 bridgehead atoms. The van der Waals surface area contributed by atoms with Crippen LogP contribution in [0.15, 0.2) is 12.1 Å². The van der Waals surface area contributed by atoms with Crippen molar-refractivity contribution in [2.75, 3.05) is 27.3 Å². The number of carbonyl (C=O) groups is 1. The van der Waals surface area contributed by atoms with E-state index in [1.807, 2.05) is 0 Å². The van der Waals surface area contributed by atoms with E-state index in [1.54, 1.807) is 19.9 Å². The minimum absolute atomic E-state index is 0.0355. The number of fused-ring (bicyclic) bond motifs is 3. The van der Waals surface area contributed by atoms with Gasteiger partial charge in [0.15, 0.2) is 11.5 Å². The van der Waals surface area contributed by atoms with Gasteiger partial charge in [0, 0.05) is 47.8 Å². The van der Waals surface area contributed by atoms with Gasteiger partial charge in [0.25, 0.3) is 0 Å². The van der Waals surface area contributed by atoms with Crippen LogP contribution in [0, 0.1) is 17.7 Å². The smallest absolute Gasteiger partial charge is 0.323 e. The van der Waals surface area contributed by atoms with E-state index in [2.05, 4.69) is 0 Å². The van der Waals surface area contributed by atoms with Crippen molar-refractivity contribution in [3.8, 4) is 11.5 Å². The van der Waals surface area contributed by atoms with E-state index in [4.69, 9.17) is 33.7 Å². The van der Waals surface area contributed by atoms with Crippen LogP contribution in [-0.2, 0) is 16.0 Å². The summed E-state index contributed by atoms with van der Waals surface area (Å²) in [6, 6.07) is -2.22. The Morgan fingerprint density at radius 2 is 2.07 bits per heavy atom. The summed E-state index contributed by atoms with van der Waals surface area (Å²) in [7, 11) is 2.78. The van der Waals surface area contributed by atoms with E-state index in [0.717, 1.165) is 0 Å². The molecule has 1 aromatic rings. The van der Waals surface area contributed by atoms with Gasteiger partial charge in [0.05, 0.1) is 15.6 Å². The van der Waals surface area contributed by atoms with Crippen molar-refractivity contribution in [2.24, 2.45) is 23.4 Å². The minimum Gasteiger partial charge on any atom is -0.493 e. The molecule has 30 heavy (non-hydrogen) atoms. The van der Waals surface area contributed by atoms with Crippen LogP contribution in [0.4, 0.5) is 0 Å². The zero-order valence-corrected chi connectivity index (χ0v) is 17.7. The van der Waals surface area contributed by atoms with Crippen LogP contribution in [0.2, 0.25) is 0 Å². The molecular weight excluding hydrogens is 380 g/mol. The zero-order chi connectivity index (χ0) is 33.4. The summed E-state index contributed by atoms with van der Waals surface area (Å²) in [4.78, 5) is 14.7. The van der Waals surface area contributed by atoms with E-state index in [0.29, 0.717) is 11.3 Å². The molecule has 6 nitrogen and oxygen atoms in total. The predicted molar refractivity (Wildman–Crippen MR) is 118 cm³/mol. The standard InChI is InChI=1S/C24H38N2O4/c1-14(2)9-17-13-26-8-7-16-10-21(28-5)22(29-6)11-18(16)19(26)12-20(17)30-24(27)23(25)15(3)4/h10-11,14-15,17,19-20,23H,7-9,12-13,25H2,1-6H3/t17?,19?,20?,23-/m0/s1/i3D3,4D3,12D2,13D2,15D,17D,23D. The molecule has 0 amide bonds. The number of benzene rings is 1. The van der Waals surface area contributed by atoms with Crippen molar-refractivity contribution in [1.82, 2.24) is 4.90 Å². The molecule has 1 saturated heterocycles. The molecule has 168 valence electrons. The number of rotatable bonds is 7. The molecule has 1 aromatic carbocycles. The van der Waals surface area contributed by atoms with E-state index in [9.17, 15) is 8.91 Å². The summed E-state index contributed by atoms with van der Waals surface area (Å²) >= 11 is 0. The van der Waals surface area contributed by atoms with Crippen LogP contribution in [0.5, 0.6) is 11.5 Å². The second kappa shape index (κ2) is 9.56. The van der Waals surface area contributed by atoms with Crippen molar-refractivity contribution in [3.05, 3.63) is 23.3 Å². The Balaban J connectivity index is 2.27. The van der Waals surface area contributed by atoms with Gasteiger partial charge in [-0.1, -0.05) is 27.6 Å². The molecule has 1 fully saturated rings. The first-order valence-electron chi connectivity index (χ1n) is 16.3. The molecule has 4 atom stereocenters. The van der Waals surface area contributed by atoms with Crippen LogP contribution in [0.25, 0.3) is 0 Å². The summed E-state index contributed by atoms with van der Waals surface area (Å²) < 4.78 is 125. The maximum absolute atomic E-state index is 13.6. The van der Waals surface area contributed by atoms with Gasteiger partial charge >= 0.3 is 5.97 Å². The van der Waals surface area contributed by atoms with E-state index in [1.165, 1.54) is 25.2 Å². The SMILES string of the molecule is [2H]C1([2H])C2c3cc(OC)c(OC)cc3CCN2C([2H])([2H])C([2H])(CC(C)C)C1OC(=O)[C@@]([2H])(N)C([2H])(C([2H])([2H])[2H])C([2H])([2H])[2H]. The third-order valence-electron chi connectivity index (χ3n) is 5.13. The highest BCUT2D eigenvalue weighted by Crippen LogP contribution is 2.44. The lowest BCUT2D eigenvalue weighted by atomic mass is 9.79. The molecule has 2 aliphatic rings. The fourth-order valence-electron chi connectivity index (χ4n) is 3.70. The fraction of sp³-hybridized carbons (Fsp3) is 0.708. The Morgan fingerprint density at radius 1 is 1.37 bits per heavy atom. The quantitative estimate of drug-likeness (QED) is 0.666. The van der Waals surface area contributed by atoms with Gasteiger partial charge in [-0.3, -0.25) is 9.69 Å². The lowest BCUT2D eigenvalue weighted by molar-refractivity contribution is -0.160. The molecule has 0 aromatic heterocycles. The van der Waals surface area contributed by atoms with Crippen LogP contribution in [-0.4, -0.2) is 50.3 Å². The zero-order valence-electron chi connectivity index (χ0n) is 30.7. The van der Waals surface area contributed by atoms with Crippen LogP contribution >= 0.6 is 0 Å². The van der Waals surface area contributed by atoms with Crippen molar-refractivity contribution >= 4 is 5.97 Å². The highest BCUT2D eigenvalue weighted by molar-refractivity contribution is 5.76. The predicted octanol–water partition coefficient (Wildman–Crippen LogP) is 3.56. The lowest BCUT2D eigenvalue weighted by Crippen LogP contribution is -2.51. The molecule has 0 saturated carbocycles. The fourth-order valence-corrected chi connectivity index (χ4v) is 3.70. The van der Waals surface area contributed by atoms with Crippen molar-refractivity contribution < 1.29 is 36.8 Å².